The van der Waals surface area contributed by atoms with Crippen molar-refractivity contribution < 1.29 is 13.2 Å². The molecule has 0 saturated carbocycles. The minimum Gasteiger partial charge on any atom is -0.207 e. The molecule has 5 heteroatoms. The van der Waals surface area contributed by atoms with Crippen LogP contribution in [0.3, 0.4) is 0 Å². The third-order valence-corrected chi connectivity index (χ3v) is 3.84. The Morgan fingerprint density at radius 1 is 1.00 bits per heavy atom. The second-order valence-electron chi connectivity index (χ2n) is 4.09. The zero-order valence-corrected chi connectivity index (χ0v) is 12.0. The first kappa shape index (κ1) is 14.4. The topological polar surface area (TPSA) is 0 Å². The normalized spacial score (nSPS) is 12.5. The molecule has 19 heavy (non-hydrogen) atoms. The molecule has 0 saturated heterocycles. The van der Waals surface area contributed by atoms with Crippen molar-refractivity contribution >= 4 is 27.5 Å². The number of benzene rings is 2. The van der Waals surface area contributed by atoms with Gasteiger partial charge in [0.05, 0.1) is 0 Å². The van der Waals surface area contributed by atoms with Gasteiger partial charge in [-0.3, -0.25) is 0 Å². The molecule has 2 aromatic carbocycles. The molecule has 0 fully saturated rings. The maximum absolute atomic E-state index is 13.1. The Hall–Kier alpha value is -1.00. The molecule has 0 heterocycles. The van der Waals surface area contributed by atoms with Gasteiger partial charge in [0.1, 0.15) is 5.82 Å². The summed E-state index contributed by atoms with van der Waals surface area (Å²) in [7, 11) is 0. The van der Waals surface area contributed by atoms with Gasteiger partial charge in [-0.15, -0.1) is 0 Å². The highest BCUT2D eigenvalue weighted by atomic mass is 79.9. The third kappa shape index (κ3) is 3.51. The van der Waals surface area contributed by atoms with Crippen molar-refractivity contribution in [2.24, 2.45) is 0 Å². The number of alkyl halides is 1. The molecule has 2 aromatic rings. The van der Waals surface area contributed by atoms with E-state index >= 15 is 0 Å². The summed E-state index contributed by atoms with van der Waals surface area (Å²) in [5.41, 5.74) is 1.33. The SMILES string of the molecule is Fc1ccc(C(Br)Cc2ccc(F)c(F)c2)c(Cl)c1. The first-order valence-corrected chi connectivity index (χ1v) is 6.79. The lowest BCUT2D eigenvalue weighted by Crippen LogP contribution is -1.98. The molecule has 0 aliphatic carbocycles. The zero-order chi connectivity index (χ0) is 14.0. The van der Waals surface area contributed by atoms with E-state index in [4.69, 9.17) is 11.6 Å². The molecular formula is C14H9BrClF3. The zero-order valence-electron chi connectivity index (χ0n) is 9.64. The van der Waals surface area contributed by atoms with Crippen LogP contribution in [0.15, 0.2) is 36.4 Å². The summed E-state index contributed by atoms with van der Waals surface area (Å²) in [6.07, 6.45) is 0.419. The van der Waals surface area contributed by atoms with Crippen LogP contribution < -0.4 is 0 Å². The van der Waals surface area contributed by atoms with Crippen molar-refractivity contribution in [1.29, 1.82) is 0 Å². The fourth-order valence-electron chi connectivity index (χ4n) is 1.74. The molecule has 1 atom stereocenters. The number of hydrogen-bond donors (Lipinski definition) is 0. The van der Waals surface area contributed by atoms with E-state index in [9.17, 15) is 13.2 Å². The van der Waals surface area contributed by atoms with Gasteiger partial charge >= 0.3 is 0 Å². The van der Waals surface area contributed by atoms with E-state index < -0.39 is 17.5 Å². The molecule has 100 valence electrons. The average Bonchev–Trinajstić information content (AvgIpc) is 2.33. The van der Waals surface area contributed by atoms with Crippen molar-refractivity contribution in [1.82, 2.24) is 0 Å². The predicted octanol–water partition coefficient (Wildman–Crippen LogP) is 5.44. The Morgan fingerprint density at radius 3 is 2.37 bits per heavy atom. The van der Waals surface area contributed by atoms with Crippen molar-refractivity contribution in [3.05, 3.63) is 70.0 Å². The van der Waals surface area contributed by atoms with Gasteiger partial charge in [-0.25, -0.2) is 13.2 Å². The monoisotopic (exact) mass is 348 g/mol. The first-order valence-electron chi connectivity index (χ1n) is 5.50. The molecule has 0 aliphatic heterocycles. The minimum absolute atomic E-state index is 0.203. The lowest BCUT2D eigenvalue weighted by atomic mass is 10.0. The van der Waals surface area contributed by atoms with Gasteiger partial charge in [-0.1, -0.05) is 39.7 Å². The van der Waals surface area contributed by atoms with Crippen LogP contribution in [0.4, 0.5) is 13.2 Å². The van der Waals surface area contributed by atoms with Gasteiger partial charge in [0.25, 0.3) is 0 Å². The predicted molar refractivity (Wildman–Crippen MR) is 73.1 cm³/mol. The molecule has 0 nitrogen and oxygen atoms in total. The van der Waals surface area contributed by atoms with Crippen molar-refractivity contribution in [3.8, 4) is 0 Å². The third-order valence-electron chi connectivity index (χ3n) is 2.70. The van der Waals surface area contributed by atoms with Crippen LogP contribution in [0.25, 0.3) is 0 Å². The second-order valence-corrected chi connectivity index (χ2v) is 5.60. The lowest BCUT2D eigenvalue weighted by molar-refractivity contribution is 0.507. The van der Waals surface area contributed by atoms with Crippen LogP contribution in [0.1, 0.15) is 16.0 Å². The molecule has 2 rings (SSSR count). The van der Waals surface area contributed by atoms with E-state index in [0.717, 1.165) is 12.1 Å². The average molecular weight is 350 g/mol. The summed E-state index contributed by atoms with van der Waals surface area (Å²) in [4.78, 5) is -0.203. The second kappa shape index (κ2) is 5.97. The minimum atomic E-state index is -0.887. The molecule has 0 bridgehead atoms. The Balaban J connectivity index is 2.20. The fourth-order valence-corrected chi connectivity index (χ4v) is 2.94. The highest BCUT2D eigenvalue weighted by molar-refractivity contribution is 9.09. The van der Waals surface area contributed by atoms with Crippen LogP contribution in [0, 0.1) is 17.5 Å². The molecule has 0 radical (unpaired) electrons. The number of halogens is 5. The molecule has 0 aromatic heterocycles. The summed E-state index contributed by atoms with van der Waals surface area (Å²) >= 11 is 9.36. The smallest absolute Gasteiger partial charge is 0.159 e. The maximum atomic E-state index is 13.1. The van der Waals surface area contributed by atoms with Crippen molar-refractivity contribution in [2.45, 2.75) is 11.2 Å². The maximum Gasteiger partial charge on any atom is 0.159 e. The van der Waals surface area contributed by atoms with Crippen molar-refractivity contribution in [3.63, 3.8) is 0 Å². The van der Waals surface area contributed by atoms with Gasteiger partial charge in [0.2, 0.25) is 0 Å². The Morgan fingerprint density at radius 2 is 1.74 bits per heavy atom. The van der Waals surface area contributed by atoms with E-state index in [1.54, 1.807) is 6.07 Å². The van der Waals surface area contributed by atoms with E-state index in [1.807, 2.05) is 0 Å². The summed E-state index contributed by atoms with van der Waals surface area (Å²) in [5, 5.41) is 0.296. The van der Waals surface area contributed by atoms with Gasteiger partial charge in [0, 0.05) is 9.85 Å². The number of rotatable bonds is 3. The van der Waals surface area contributed by atoms with Gasteiger partial charge < -0.3 is 0 Å². The fraction of sp³-hybridized carbons (Fsp3) is 0.143. The Labute approximate surface area is 122 Å². The molecule has 0 amide bonds. The summed E-state index contributed by atoms with van der Waals surface area (Å²) in [5.74, 6) is -2.18. The van der Waals surface area contributed by atoms with Gasteiger partial charge in [0.15, 0.2) is 11.6 Å². The highest BCUT2D eigenvalue weighted by Gasteiger charge is 2.14. The Kier molecular flexibility index (Phi) is 4.53. The van der Waals surface area contributed by atoms with Crippen LogP contribution in [-0.4, -0.2) is 0 Å². The van der Waals surface area contributed by atoms with E-state index in [-0.39, 0.29) is 4.83 Å². The van der Waals surface area contributed by atoms with Crippen LogP contribution in [0.5, 0.6) is 0 Å². The standard InChI is InChI=1S/C14H9BrClF3/c15-11(10-3-2-9(17)7-12(10)16)5-8-1-4-13(18)14(19)6-8/h1-4,6-7,11H,5H2. The molecular weight excluding hydrogens is 341 g/mol. The lowest BCUT2D eigenvalue weighted by Gasteiger charge is -2.12. The summed E-state index contributed by atoms with van der Waals surface area (Å²) in [6.45, 7) is 0. The van der Waals surface area contributed by atoms with Gasteiger partial charge in [-0.2, -0.15) is 0 Å². The van der Waals surface area contributed by atoms with Crippen LogP contribution in [0.2, 0.25) is 5.02 Å². The van der Waals surface area contributed by atoms with E-state index in [1.165, 1.54) is 18.2 Å². The summed E-state index contributed by atoms with van der Waals surface area (Å²) < 4.78 is 38.9. The quantitative estimate of drug-likeness (QED) is 0.648. The molecule has 0 N–H and O–H groups in total. The highest BCUT2D eigenvalue weighted by Crippen LogP contribution is 2.32. The molecule has 0 spiro atoms. The molecule has 0 aliphatic rings. The largest absolute Gasteiger partial charge is 0.207 e. The van der Waals surface area contributed by atoms with E-state index in [2.05, 4.69) is 15.9 Å². The summed E-state index contributed by atoms with van der Waals surface area (Å²) in [6, 6.07) is 7.82. The number of hydrogen-bond acceptors (Lipinski definition) is 0. The molecule has 1 unspecified atom stereocenters. The van der Waals surface area contributed by atoms with Crippen molar-refractivity contribution in [2.75, 3.05) is 0 Å². The van der Waals surface area contributed by atoms with Gasteiger partial charge in [-0.05, 0) is 41.8 Å². The first-order chi connectivity index (χ1) is 8.97. The van der Waals surface area contributed by atoms with E-state index in [0.29, 0.717) is 22.6 Å². The van der Waals surface area contributed by atoms with Crippen LogP contribution >= 0.6 is 27.5 Å². The Bertz CT molecular complexity index is 601. The van der Waals surface area contributed by atoms with Crippen LogP contribution in [-0.2, 0) is 6.42 Å².